The number of rotatable bonds is 6. The lowest BCUT2D eigenvalue weighted by atomic mass is 10.2. The lowest BCUT2D eigenvalue weighted by molar-refractivity contribution is 0.103. The van der Waals surface area contributed by atoms with Gasteiger partial charge in [0.1, 0.15) is 5.75 Å². The summed E-state index contributed by atoms with van der Waals surface area (Å²) in [5, 5.41) is 8.98. The van der Waals surface area contributed by atoms with Crippen molar-refractivity contribution in [3.63, 3.8) is 0 Å². The lowest BCUT2D eigenvalue weighted by Crippen LogP contribution is -2.46. The standard InChI is InChI=1S/C17H23N3O3/c1-22-15-4-2-14(3-5-15)16-12-18-17(23-16)13-20-8-6-19(7-9-20)10-11-21/h2-5,12,21H,6-11,13H2,1H3. The van der Waals surface area contributed by atoms with Crippen molar-refractivity contribution >= 4 is 0 Å². The Hall–Kier alpha value is -1.89. The molecule has 0 atom stereocenters. The summed E-state index contributed by atoms with van der Waals surface area (Å²) in [5.74, 6) is 2.35. The Labute approximate surface area is 136 Å². The number of piperazine rings is 1. The first-order valence-corrected chi connectivity index (χ1v) is 7.93. The van der Waals surface area contributed by atoms with Crippen molar-refractivity contribution in [1.29, 1.82) is 0 Å². The van der Waals surface area contributed by atoms with Crippen molar-refractivity contribution in [3.05, 3.63) is 36.4 Å². The molecule has 2 aromatic rings. The molecule has 1 N–H and O–H groups in total. The Morgan fingerprint density at radius 1 is 1.13 bits per heavy atom. The molecule has 1 aromatic heterocycles. The molecule has 1 aliphatic heterocycles. The van der Waals surface area contributed by atoms with Crippen LogP contribution in [0, 0.1) is 0 Å². The highest BCUT2D eigenvalue weighted by Crippen LogP contribution is 2.23. The van der Waals surface area contributed by atoms with E-state index in [1.165, 1.54) is 0 Å². The van der Waals surface area contributed by atoms with Gasteiger partial charge in [-0.1, -0.05) is 0 Å². The minimum absolute atomic E-state index is 0.227. The zero-order valence-corrected chi connectivity index (χ0v) is 13.4. The Morgan fingerprint density at radius 3 is 2.48 bits per heavy atom. The van der Waals surface area contributed by atoms with E-state index in [1.54, 1.807) is 13.3 Å². The number of hydrogen-bond donors (Lipinski definition) is 1. The lowest BCUT2D eigenvalue weighted by Gasteiger charge is -2.33. The van der Waals surface area contributed by atoms with Crippen LogP contribution in [0.15, 0.2) is 34.9 Å². The van der Waals surface area contributed by atoms with Crippen LogP contribution in [-0.4, -0.2) is 66.3 Å². The van der Waals surface area contributed by atoms with Gasteiger partial charge in [0.05, 0.1) is 26.5 Å². The topological polar surface area (TPSA) is 62.0 Å². The van der Waals surface area contributed by atoms with Crippen molar-refractivity contribution in [2.45, 2.75) is 6.54 Å². The first-order chi connectivity index (χ1) is 11.3. The van der Waals surface area contributed by atoms with Gasteiger partial charge in [0.15, 0.2) is 5.76 Å². The average molecular weight is 317 g/mol. The van der Waals surface area contributed by atoms with Crippen LogP contribution in [0.4, 0.5) is 0 Å². The van der Waals surface area contributed by atoms with E-state index in [0.717, 1.165) is 62.2 Å². The molecule has 2 heterocycles. The number of hydrogen-bond acceptors (Lipinski definition) is 6. The van der Waals surface area contributed by atoms with Crippen LogP contribution in [0.5, 0.6) is 5.75 Å². The Balaban J connectivity index is 1.57. The van der Waals surface area contributed by atoms with Gasteiger partial charge in [-0.05, 0) is 24.3 Å². The zero-order chi connectivity index (χ0) is 16.1. The van der Waals surface area contributed by atoms with Gasteiger partial charge < -0.3 is 14.3 Å². The zero-order valence-electron chi connectivity index (χ0n) is 13.4. The molecule has 0 unspecified atom stereocenters. The molecule has 124 valence electrons. The fourth-order valence-corrected chi connectivity index (χ4v) is 2.78. The number of ether oxygens (including phenoxy) is 1. The molecule has 6 heteroatoms. The van der Waals surface area contributed by atoms with Gasteiger partial charge in [-0.15, -0.1) is 0 Å². The first-order valence-electron chi connectivity index (χ1n) is 7.93. The highest BCUT2D eigenvalue weighted by atomic mass is 16.5. The minimum atomic E-state index is 0.227. The van der Waals surface area contributed by atoms with Crippen LogP contribution in [0.2, 0.25) is 0 Å². The van der Waals surface area contributed by atoms with E-state index in [9.17, 15) is 0 Å². The van der Waals surface area contributed by atoms with E-state index >= 15 is 0 Å². The third-order valence-electron chi connectivity index (χ3n) is 4.17. The monoisotopic (exact) mass is 317 g/mol. The fraction of sp³-hybridized carbons (Fsp3) is 0.471. The maximum atomic E-state index is 8.98. The van der Waals surface area contributed by atoms with Crippen LogP contribution in [0.3, 0.4) is 0 Å². The van der Waals surface area contributed by atoms with Gasteiger partial charge in [-0.25, -0.2) is 4.98 Å². The summed E-state index contributed by atoms with van der Waals surface area (Å²) in [5.41, 5.74) is 0.998. The molecule has 0 bridgehead atoms. The van der Waals surface area contributed by atoms with Gasteiger partial charge in [-0.3, -0.25) is 9.80 Å². The molecule has 3 rings (SSSR count). The van der Waals surface area contributed by atoms with E-state index in [1.807, 2.05) is 24.3 Å². The third-order valence-corrected chi connectivity index (χ3v) is 4.17. The van der Waals surface area contributed by atoms with Crippen LogP contribution >= 0.6 is 0 Å². The molecule has 0 radical (unpaired) electrons. The van der Waals surface area contributed by atoms with Crippen LogP contribution < -0.4 is 4.74 Å². The number of nitrogens with zero attached hydrogens (tertiary/aromatic N) is 3. The van der Waals surface area contributed by atoms with Gasteiger partial charge in [0.2, 0.25) is 5.89 Å². The molecule has 23 heavy (non-hydrogen) atoms. The number of benzene rings is 1. The Bertz CT molecular complexity index is 604. The summed E-state index contributed by atoms with van der Waals surface area (Å²) < 4.78 is 11.0. The number of methoxy groups -OCH3 is 1. The van der Waals surface area contributed by atoms with Crippen LogP contribution in [-0.2, 0) is 6.54 Å². The average Bonchev–Trinajstić information content (AvgIpc) is 3.05. The summed E-state index contributed by atoms with van der Waals surface area (Å²) in [6.45, 7) is 5.61. The number of oxazole rings is 1. The normalized spacial score (nSPS) is 16.6. The Morgan fingerprint density at radius 2 is 1.83 bits per heavy atom. The van der Waals surface area contributed by atoms with Crippen LogP contribution in [0.25, 0.3) is 11.3 Å². The molecule has 1 fully saturated rings. The first kappa shape index (κ1) is 16.0. The molecule has 6 nitrogen and oxygen atoms in total. The van der Waals surface area contributed by atoms with Crippen molar-refractivity contribution in [2.24, 2.45) is 0 Å². The maximum Gasteiger partial charge on any atom is 0.209 e. The molecular weight excluding hydrogens is 294 g/mol. The van der Waals surface area contributed by atoms with Gasteiger partial charge in [-0.2, -0.15) is 0 Å². The molecule has 0 amide bonds. The smallest absolute Gasteiger partial charge is 0.209 e. The van der Waals surface area contributed by atoms with E-state index in [-0.39, 0.29) is 6.61 Å². The second-order valence-corrected chi connectivity index (χ2v) is 5.69. The van der Waals surface area contributed by atoms with E-state index in [2.05, 4.69) is 14.8 Å². The fourth-order valence-electron chi connectivity index (χ4n) is 2.78. The van der Waals surface area contributed by atoms with Crippen LogP contribution in [0.1, 0.15) is 5.89 Å². The second kappa shape index (κ2) is 7.59. The van der Waals surface area contributed by atoms with E-state index in [0.29, 0.717) is 0 Å². The predicted molar refractivity (Wildman–Crippen MR) is 87.3 cm³/mol. The summed E-state index contributed by atoms with van der Waals surface area (Å²) in [6, 6.07) is 7.77. The van der Waals surface area contributed by atoms with Crippen molar-refractivity contribution in [2.75, 3.05) is 46.4 Å². The second-order valence-electron chi connectivity index (χ2n) is 5.69. The van der Waals surface area contributed by atoms with Crippen molar-refractivity contribution < 1.29 is 14.3 Å². The van der Waals surface area contributed by atoms with Gasteiger partial charge >= 0.3 is 0 Å². The molecule has 1 saturated heterocycles. The highest BCUT2D eigenvalue weighted by molar-refractivity contribution is 5.57. The minimum Gasteiger partial charge on any atom is -0.497 e. The van der Waals surface area contributed by atoms with Crippen molar-refractivity contribution in [1.82, 2.24) is 14.8 Å². The maximum absolute atomic E-state index is 8.98. The van der Waals surface area contributed by atoms with Gasteiger partial charge in [0.25, 0.3) is 0 Å². The summed E-state index contributed by atoms with van der Waals surface area (Å²) in [7, 11) is 1.65. The number of aliphatic hydroxyl groups excluding tert-OH is 1. The SMILES string of the molecule is COc1ccc(-c2cnc(CN3CCN(CCO)CC3)o2)cc1. The van der Waals surface area contributed by atoms with Gasteiger partial charge in [0, 0.05) is 38.3 Å². The summed E-state index contributed by atoms with van der Waals surface area (Å²) >= 11 is 0. The molecule has 1 aromatic carbocycles. The molecule has 1 aliphatic rings. The summed E-state index contributed by atoms with van der Waals surface area (Å²) in [4.78, 5) is 8.99. The molecule has 0 aliphatic carbocycles. The largest absolute Gasteiger partial charge is 0.497 e. The number of β-amino-alcohol motifs (C(OH)–C–C–N with tert-alkyl or cyclic N) is 1. The Kier molecular flexibility index (Phi) is 5.27. The highest BCUT2D eigenvalue weighted by Gasteiger charge is 2.18. The van der Waals surface area contributed by atoms with E-state index in [4.69, 9.17) is 14.3 Å². The third kappa shape index (κ3) is 4.10. The number of aromatic nitrogens is 1. The quantitative estimate of drug-likeness (QED) is 0.870. The molecule has 0 spiro atoms. The van der Waals surface area contributed by atoms with E-state index < -0.39 is 0 Å². The summed E-state index contributed by atoms with van der Waals surface area (Å²) in [6.07, 6.45) is 1.78. The van der Waals surface area contributed by atoms with Crippen molar-refractivity contribution in [3.8, 4) is 17.1 Å². The predicted octanol–water partition coefficient (Wildman–Crippen LogP) is 1.46. The molecular formula is C17H23N3O3. The molecule has 0 saturated carbocycles. The number of aliphatic hydroxyl groups is 1.